The van der Waals surface area contributed by atoms with Crippen molar-refractivity contribution in [2.45, 2.75) is 0 Å². The molecule has 1 fully saturated rings. The van der Waals surface area contributed by atoms with E-state index in [4.69, 9.17) is 12.3 Å². The van der Waals surface area contributed by atoms with Gasteiger partial charge in [0.2, 0.25) is 0 Å². The molecule has 0 saturated carbocycles. The molecule has 1 aromatic rings. The topological polar surface area (TPSA) is 69.3 Å². The van der Waals surface area contributed by atoms with E-state index < -0.39 is 30.0 Å². The quantitative estimate of drug-likeness (QED) is 0.455. The zero-order chi connectivity index (χ0) is 7.78. The standard InChI is InChI=1S/C2H3N3.H6O3Si3/c1-2-4-5-3-1;1-4-2-6-3-5-1/h1-2H,(H,3,4,5);4-6H2. The van der Waals surface area contributed by atoms with Gasteiger partial charge in [-0.2, -0.15) is 0 Å². The van der Waals surface area contributed by atoms with Gasteiger partial charge in [-0.05, 0) is 0 Å². The monoisotopic (exact) mass is 207 g/mol. The lowest BCUT2D eigenvalue weighted by molar-refractivity contribution is 0.347. The number of aromatic amines is 1. The highest BCUT2D eigenvalue weighted by molar-refractivity contribution is 6.50. The van der Waals surface area contributed by atoms with Crippen LogP contribution >= 0.6 is 0 Å². The van der Waals surface area contributed by atoms with Crippen molar-refractivity contribution in [1.29, 1.82) is 0 Å². The SMILES string of the molecule is O1[SiH2]O[SiH2]O[SiH2]1.c1c[nH]nn1. The Morgan fingerprint density at radius 2 is 1.73 bits per heavy atom. The van der Waals surface area contributed by atoms with Gasteiger partial charge in [0.25, 0.3) is 30.0 Å². The zero-order valence-corrected chi connectivity index (χ0v) is 10.1. The van der Waals surface area contributed by atoms with Crippen molar-refractivity contribution in [3.63, 3.8) is 0 Å². The molecule has 0 radical (unpaired) electrons. The predicted octanol–water partition coefficient (Wildman–Crippen LogP) is -3.15. The Balaban J connectivity index is 0.000000112. The average Bonchev–Trinajstić information content (AvgIpc) is 2.64. The molecular weight excluding hydrogens is 198 g/mol. The minimum absolute atomic E-state index is 0.493. The maximum Gasteiger partial charge on any atom is 0.286 e. The number of nitrogens with one attached hydrogen (secondary N) is 1. The molecule has 0 bridgehead atoms. The fourth-order valence-corrected chi connectivity index (χ4v) is 5.86. The van der Waals surface area contributed by atoms with Crippen LogP contribution in [0, 0.1) is 0 Å². The van der Waals surface area contributed by atoms with Gasteiger partial charge in [-0.3, -0.25) is 5.10 Å². The van der Waals surface area contributed by atoms with Gasteiger partial charge >= 0.3 is 0 Å². The van der Waals surface area contributed by atoms with E-state index in [2.05, 4.69) is 15.4 Å². The summed E-state index contributed by atoms with van der Waals surface area (Å²) in [6.07, 6.45) is 3.24. The molecule has 62 valence electrons. The third-order valence-corrected chi connectivity index (χ3v) is 4.83. The first-order chi connectivity index (χ1) is 5.50. The van der Waals surface area contributed by atoms with Crippen molar-refractivity contribution in [2.75, 3.05) is 0 Å². The fraction of sp³-hybridized carbons (Fsp3) is 0. The van der Waals surface area contributed by atoms with E-state index in [9.17, 15) is 0 Å². The van der Waals surface area contributed by atoms with E-state index in [1.165, 1.54) is 0 Å². The van der Waals surface area contributed by atoms with Crippen molar-refractivity contribution >= 4 is 30.0 Å². The molecule has 1 aromatic heterocycles. The molecule has 11 heavy (non-hydrogen) atoms. The number of hydrogen-bond acceptors (Lipinski definition) is 5. The number of rotatable bonds is 0. The smallest absolute Gasteiger partial charge is 0.286 e. The molecule has 1 saturated heterocycles. The molecule has 0 aliphatic carbocycles. The maximum absolute atomic E-state index is 4.94. The number of aromatic nitrogens is 3. The molecule has 1 N–H and O–H groups in total. The molecule has 1 aliphatic heterocycles. The zero-order valence-electron chi connectivity index (χ0n) is 5.90. The van der Waals surface area contributed by atoms with Gasteiger partial charge in [-0.15, -0.1) is 5.10 Å². The maximum atomic E-state index is 4.94. The molecule has 9 heteroatoms. The van der Waals surface area contributed by atoms with E-state index in [0.717, 1.165) is 0 Å². The molecular formula is C2H9N3O3Si3. The molecule has 0 spiro atoms. The van der Waals surface area contributed by atoms with Crippen LogP contribution in [-0.2, 0) is 12.3 Å². The largest absolute Gasteiger partial charge is 0.425 e. The van der Waals surface area contributed by atoms with Crippen molar-refractivity contribution in [3.8, 4) is 0 Å². The Kier molecular flexibility index (Phi) is 5.09. The highest BCUT2D eigenvalue weighted by Crippen LogP contribution is 1.78. The lowest BCUT2D eigenvalue weighted by Crippen LogP contribution is -2.23. The first kappa shape index (κ1) is 8.76. The van der Waals surface area contributed by atoms with Gasteiger partial charge in [0, 0.05) is 6.20 Å². The van der Waals surface area contributed by atoms with Crippen LogP contribution in [0.2, 0.25) is 0 Å². The van der Waals surface area contributed by atoms with Crippen molar-refractivity contribution < 1.29 is 12.3 Å². The Labute approximate surface area is 70.8 Å². The second-order valence-electron chi connectivity index (χ2n) is 1.63. The van der Waals surface area contributed by atoms with E-state index in [0.29, 0.717) is 0 Å². The van der Waals surface area contributed by atoms with E-state index in [-0.39, 0.29) is 0 Å². The Morgan fingerprint density at radius 3 is 1.91 bits per heavy atom. The first-order valence-corrected chi connectivity index (χ1v) is 6.50. The van der Waals surface area contributed by atoms with Gasteiger partial charge in [0.05, 0.1) is 6.20 Å². The van der Waals surface area contributed by atoms with Crippen LogP contribution in [0.25, 0.3) is 0 Å². The Bertz CT molecular complexity index is 128. The lowest BCUT2D eigenvalue weighted by Gasteiger charge is -2.10. The van der Waals surface area contributed by atoms with Gasteiger partial charge in [0.15, 0.2) is 0 Å². The van der Waals surface area contributed by atoms with Crippen LogP contribution in [0.3, 0.4) is 0 Å². The van der Waals surface area contributed by atoms with Crippen LogP contribution in [0.1, 0.15) is 0 Å². The summed E-state index contributed by atoms with van der Waals surface area (Å²) in [4.78, 5) is 0. The number of H-pyrrole nitrogens is 1. The average molecular weight is 207 g/mol. The summed E-state index contributed by atoms with van der Waals surface area (Å²) >= 11 is 0. The summed E-state index contributed by atoms with van der Waals surface area (Å²) in [6, 6.07) is 0. The van der Waals surface area contributed by atoms with Crippen LogP contribution in [0.15, 0.2) is 12.4 Å². The van der Waals surface area contributed by atoms with E-state index in [1.54, 1.807) is 12.4 Å². The van der Waals surface area contributed by atoms with Crippen LogP contribution < -0.4 is 0 Å². The minimum atomic E-state index is -0.493. The first-order valence-electron chi connectivity index (χ1n) is 3.04. The molecule has 2 heterocycles. The molecule has 1 aliphatic rings. The molecule has 0 amide bonds. The summed E-state index contributed by atoms with van der Waals surface area (Å²) in [5.41, 5.74) is 0. The molecule has 0 aromatic carbocycles. The molecule has 0 unspecified atom stereocenters. The van der Waals surface area contributed by atoms with Crippen LogP contribution in [-0.4, -0.2) is 45.4 Å². The highest BCUT2D eigenvalue weighted by Gasteiger charge is 1.96. The number of hydrogen-bond donors (Lipinski definition) is 1. The van der Waals surface area contributed by atoms with Crippen molar-refractivity contribution in [3.05, 3.63) is 12.4 Å². The van der Waals surface area contributed by atoms with Gasteiger partial charge in [0.1, 0.15) is 0 Å². The second kappa shape index (κ2) is 6.39. The van der Waals surface area contributed by atoms with Gasteiger partial charge < -0.3 is 12.3 Å². The lowest BCUT2D eigenvalue weighted by atomic mass is 11.0. The predicted molar refractivity (Wildman–Crippen MR) is 45.3 cm³/mol. The normalized spacial score (nSPS) is 23.3. The van der Waals surface area contributed by atoms with E-state index in [1.807, 2.05) is 0 Å². The van der Waals surface area contributed by atoms with Gasteiger partial charge in [-0.25, -0.2) is 0 Å². The summed E-state index contributed by atoms with van der Waals surface area (Å²) in [6.45, 7) is 0. The highest BCUT2D eigenvalue weighted by atomic mass is 28.4. The Morgan fingerprint density at radius 1 is 1.09 bits per heavy atom. The molecule has 6 nitrogen and oxygen atoms in total. The van der Waals surface area contributed by atoms with Crippen molar-refractivity contribution in [1.82, 2.24) is 15.4 Å². The molecule has 0 atom stereocenters. The number of nitrogens with zero attached hydrogens (tertiary/aromatic N) is 2. The van der Waals surface area contributed by atoms with Crippen LogP contribution in [0.5, 0.6) is 0 Å². The Hall–Kier alpha value is -0.329. The minimum Gasteiger partial charge on any atom is -0.425 e. The summed E-state index contributed by atoms with van der Waals surface area (Å²) < 4.78 is 14.8. The summed E-state index contributed by atoms with van der Waals surface area (Å²) in [5.74, 6) is 0. The summed E-state index contributed by atoms with van der Waals surface area (Å²) in [7, 11) is -1.48. The fourth-order valence-electron chi connectivity index (χ4n) is 0.446. The molecule has 2 rings (SSSR count). The second-order valence-corrected chi connectivity index (χ2v) is 7.23. The van der Waals surface area contributed by atoms with Crippen molar-refractivity contribution in [2.24, 2.45) is 0 Å². The summed E-state index contributed by atoms with van der Waals surface area (Å²) in [5, 5.41) is 9.26. The third-order valence-electron chi connectivity index (χ3n) is 0.831. The third kappa shape index (κ3) is 5.00. The van der Waals surface area contributed by atoms with E-state index >= 15 is 0 Å². The van der Waals surface area contributed by atoms with Crippen LogP contribution in [0.4, 0.5) is 0 Å². The van der Waals surface area contributed by atoms with Gasteiger partial charge in [-0.1, -0.05) is 5.21 Å².